The molecule has 1 saturated heterocycles. The number of β-lactam (4-membered cyclic amide) rings is 1. The second-order valence-corrected chi connectivity index (χ2v) is 9.36. The van der Waals surface area contributed by atoms with Gasteiger partial charge in [-0.2, -0.15) is 9.36 Å². The Morgan fingerprint density at radius 1 is 1.46 bits per heavy atom. The van der Waals surface area contributed by atoms with Crippen molar-refractivity contribution < 1.29 is 34.0 Å². The Kier molecular flexibility index (Phi) is 7.28. The molecule has 0 bridgehead atoms. The summed E-state index contributed by atoms with van der Waals surface area (Å²) in [5, 5.41) is 25.1. The van der Waals surface area contributed by atoms with Crippen molar-refractivity contribution in [2.24, 2.45) is 5.16 Å². The van der Waals surface area contributed by atoms with Crippen LogP contribution < -0.4 is 15.6 Å². The summed E-state index contributed by atoms with van der Waals surface area (Å²) in [6, 6.07) is 2.54. The summed E-state index contributed by atoms with van der Waals surface area (Å²) in [6.07, 6.45) is 3.46. The van der Waals surface area contributed by atoms with Crippen LogP contribution in [0.15, 0.2) is 41.0 Å². The second-order valence-electron chi connectivity index (χ2n) is 7.47. The van der Waals surface area contributed by atoms with Crippen molar-refractivity contribution in [2.75, 3.05) is 18.1 Å². The molecule has 2 atom stereocenters. The maximum Gasteiger partial charge on any atom is 0.352 e. The first kappa shape index (κ1) is 24.6. The molecule has 2 aromatic rings. The summed E-state index contributed by atoms with van der Waals surface area (Å²) in [7, 11) is 0. The third-order valence-electron chi connectivity index (χ3n) is 5.17. The van der Waals surface area contributed by atoms with Crippen LogP contribution in [-0.2, 0) is 32.4 Å². The molecule has 13 nitrogen and oxygen atoms in total. The molecule has 1 fully saturated rings. The van der Waals surface area contributed by atoms with Crippen LogP contribution in [0, 0.1) is 0 Å². The van der Waals surface area contributed by atoms with E-state index in [-0.39, 0.29) is 42.1 Å². The number of pyridine rings is 1. The van der Waals surface area contributed by atoms with Crippen molar-refractivity contribution in [1.29, 1.82) is 0 Å². The third-order valence-corrected chi connectivity index (χ3v) is 7.05. The molecule has 1 unspecified atom stereocenters. The summed E-state index contributed by atoms with van der Waals surface area (Å²) in [5.74, 6) is -2.22. The molecule has 15 heteroatoms. The fourth-order valence-electron chi connectivity index (χ4n) is 3.65. The molecule has 2 aromatic heterocycles. The Morgan fingerprint density at radius 3 is 2.91 bits per heavy atom. The van der Waals surface area contributed by atoms with Crippen molar-refractivity contribution >= 4 is 51.9 Å². The standard InChI is InChI=1S/C20H21N7O6S2/c1-2-33-24-12(15-23-20(21)35-25-15)16(29)22-13-17(30)27-14(19(31)32)11(9-34-18(13)27)7-26-5-3-4-10(6-26)8-28/h3-6,13,18,28H,2,7-9H2,1H3,(H3-,21,22,23,25,29,31,32)/p+1/b24-12-/t13?,18-/m1/s1. The number of nitrogens with zero attached hydrogens (tertiary/aromatic N) is 5. The van der Waals surface area contributed by atoms with Crippen molar-refractivity contribution in [1.82, 2.24) is 19.6 Å². The number of aliphatic hydroxyl groups excluding tert-OH is 1. The van der Waals surface area contributed by atoms with Crippen LogP contribution >= 0.6 is 23.3 Å². The van der Waals surface area contributed by atoms with E-state index in [0.717, 1.165) is 11.5 Å². The maximum atomic E-state index is 13.0. The van der Waals surface area contributed by atoms with Gasteiger partial charge in [0, 0.05) is 34.5 Å². The molecular weight excluding hydrogens is 498 g/mol. The molecule has 0 spiro atoms. The largest absolute Gasteiger partial charge is 0.477 e. The number of carbonyl (C=O) groups excluding carboxylic acids is 2. The molecule has 2 amide bonds. The lowest BCUT2D eigenvalue weighted by molar-refractivity contribution is -0.689. The fourth-order valence-corrected chi connectivity index (χ4v) is 5.42. The van der Waals surface area contributed by atoms with E-state index in [1.54, 1.807) is 36.0 Å². The molecule has 4 heterocycles. The highest BCUT2D eigenvalue weighted by molar-refractivity contribution is 8.00. The molecule has 35 heavy (non-hydrogen) atoms. The van der Waals surface area contributed by atoms with Gasteiger partial charge in [-0.25, -0.2) is 9.36 Å². The van der Waals surface area contributed by atoms with Gasteiger partial charge in [0.2, 0.25) is 11.5 Å². The molecule has 5 N–H and O–H groups in total. The minimum Gasteiger partial charge on any atom is -0.477 e. The van der Waals surface area contributed by atoms with E-state index >= 15 is 0 Å². The Hall–Kier alpha value is -3.56. The minimum atomic E-state index is -1.23. The third kappa shape index (κ3) is 4.96. The highest BCUT2D eigenvalue weighted by atomic mass is 32.2. The van der Waals surface area contributed by atoms with Crippen LogP contribution in [-0.4, -0.2) is 71.7 Å². The quantitative estimate of drug-likeness (QED) is 0.139. The summed E-state index contributed by atoms with van der Waals surface area (Å²) >= 11 is 2.22. The zero-order valence-corrected chi connectivity index (χ0v) is 20.1. The first-order valence-electron chi connectivity index (χ1n) is 10.4. The van der Waals surface area contributed by atoms with E-state index in [1.165, 1.54) is 16.7 Å². The lowest BCUT2D eigenvalue weighted by Crippen LogP contribution is -2.71. The number of aromatic nitrogens is 3. The highest BCUT2D eigenvalue weighted by Crippen LogP contribution is 2.40. The number of aliphatic hydroxyl groups is 1. The molecule has 0 radical (unpaired) electrons. The van der Waals surface area contributed by atoms with E-state index in [1.807, 2.05) is 0 Å². The van der Waals surface area contributed by atoms with Crippen LogP contribution in [0.25, 0.3) is 0 Å². The highest BCUT2D eigenvalue weighted by Gasteiger charge is 2.54. The number of nitrogen functional groups attached to an aromatic ring is 1. The summed E-state index contributed by atoms with van der Waals surface area (Å²) < 4.78 is 5.72. The van der Waals surface area contributed by atoms with Crippen LogP contribution in [0.1, 0.15) is 18.3 Å². The number of hydrogen-bond donors (Lipinski definition) is 4. The Morgan fingerprint density at radius 2 is 2.26 bits per heavy atom. The lowest BCUT2D eigenvalue weighted by Gasteiger charge is -2.49. The Bertz CT molecular complexity index is 1230. The van der Waals surface area contributed by atoms with E-state index < -0.39 is 29.2 Å². The molecule has 2 aliphatic rings. The first-order valence-corrected chi connectivity index (χ1v) is 12.3. The van der Waals surface area contributed by atoms with E-state index in [9.17, 15) is 24.6 Å². The van der Waals surface area contributed by atoms with Gasteiger partial charge in [0.05, 0.1) is 6.61 Å². The van der Waals surface area contributed by atoms with Crippen molar-refractivity contribution in [3.05, 3.63) is 47.2 Å². The molecular formula is C20H22N7O6S2+. The van der Waals surface area contributed by atoms with E-state index in [4.69, 9.17) is 10.6 Å². The molecule has 0 aliphatic carbocycles. The zero-order chi connectivity index (χ0) is 25.1. The number of rotatable bonds is 9. The number of nitrogens with one attached hydrogen (secondary N) is 1. The molecule has 184 valence electrons. The lowest BCUT2D eigenvalue weighted by atomic mass is 10.0. The summed E-state index contributed by atoms with van der Waals surface area (Å²) in [6.45, 7) is 1.97. The number of carboxylic acid groups (broad SMARTS) is 1. The number of nitrogens with two attached hydrogens (primary N) is 1. The number of aliphatic carboxylic acids is 1. The minimum absolute atomic E-state index is 0.0334. The number of oxime groups is 1. The van der Waals surface area contributed by atoms with E-state index in [0.29, 0.717) is 16.9 Å². The number of anilines is 1. The average molecular weight is 521 g/mol. The Labute approximate surface area is 207 Å². The van der Waals surface area contributed by atoms with Gasteiger partial charge in [-0.3, -0.25) is 14.5 Å². The maximum absolute atomic E-state index is 13.0. The van der Waals surface area contributed by atoms with Gasteiger partial charge in [0.15, 0.2) is 24.1 Å². The van der Waals surface area contributed by atoms with Gasteiger partial charge in [0.25, 0.3) is 11.8 Å². The molecule has 2 aliphatic heterocycles. The van der Waals surface area contributed by atoms with Gasteiger partial charge in [-0.05, 0) is 13.0 Å². The van der Waals surface area contributed by atoms with Gasteiger partial charge in [0.1, 0.15) is 23.7 Å². The number of hydrogen-bond acceptors (Lipinski definition) is 11. The number of fused-ring (bicyclic) bond motifs is 1. The number of carboxylic acids is 1. The monoisotopic (exact) mass is 520 g/mol. The number of thioether (sulfide) groups is 1. The molecule has 0 aromatic carbocycles. The van der Waals surface area contributed by atoms with Gasteiger partial charge < -0.3 is 26.1 Å². The normalized spacial score (nSPS) is 19.8. The van der Waals surface area contributed by atoms with Crippen LogP contribution in [0.2, 0.25) is 0 Å². The molecule has 4 rings (SSSR count). The predicted octanol–water partition coefficient (Wildman–Crippen LogP) is -0.920. The van der Waals surface area contributed by atoms with Crippen LogP contribution in [0.4, 0.5) is 5.13 Å². The van der Waals surface area contributed by atoms with Crippen LogP contribution in [0.5, 0.6) is 0 Å². The number of carbonyl (C=O) groups is 3. The van der Waals surface area contributed by atoms with Gasteiger partial charge in [-0.15, -0.1) is 11.8 Å². The Balaban J connectivity index is 1.53. The van der Waals surface area contributed by atoms with Gasteiger partial charge >= 0.3 is 5.97 Å². The predicted molar refractivity (Wildman–Crippen MR) is 125 cm³/mol. The topological polar surface area (TPSA) is 184 Å². The summed E-state index contributed by atoms with van der Waals surface area (Å²) in [4.78, 5) is 48.1. The second kappa shape index (κ2) is 10.4. The number of amides is 2. The smallest absolute Gasteiger partial charge is 0.352 e. The SMILES string of the molecule is CCO/N=C(\C(=O)NC1C(=O)N2C(C(=O)O)=C(C[n+]3cccc(CO)c3)CS[C@H]12)c1nsc(N)n1. The average Bonchev–Trinajstić information content (AvgIpc) is 3.28. The van der Waals surface area contributed by atoms with E-state index in [2.05, 4.69) is 19.8 Å². The van der Waals surface area contributed by atoms with Crippen LogP contribution in [0.3, 0.4) is 0 Å². The summed E-state index contributed by atoms with van der Waals surface area (Å²) in [5.41, 5.74) is 6.47. The fraction of sp³-hybridized carbons (Fsp3) is 0.350. The first-order chi connectivity index (χ1) is 16.8. The van der Waals surface area contributed by atoms with Crippen molar-refractivity contribution in [2.45, 2.75) is 31.5 Å². The van der Waals surface area contributed by atoms with Crippen molar-refractivity contribution in [3.8, 4) is 0 Å². The van der Waals surface area contributed by atoms with Gasteiger partial charge in [-0.1, -0.05) is 5.16 Å². The zero-order valence-electron chi connectivity index (χ0n) is 18.4. The van der Waals surface area contributed by atoms with Crippen molar-refractivity contribution in [3.63, 3.8) is 0 Å². The molecule has 0 saturated carbocycles.